The first kappa shape index (κ1) is 14.6. The fourth-order valence-corrected chi connectivity index (χ4v) is 2.77. The van der Waals surface area contributed by atoms with Crippen LogP contribution >= 0.6 is 11.8 Å². The average molecular weight is 291 g/mol. The van der Waals surface area contributed by atoms with Crippen LogP contribution in [-0.4, -0.2) is 21.2 Å². The molecule has 2 rings (SSSR count). The number of fused-ring (bicyclic) bond motifs is 1. The van der Waals surface area contributed by atoms with E-state index in [-0.39, 0.29) is 17.4 Å². The maximum atomic E-state index is 12.6. The maximum Gasteiger partial charge on any atom is 0.262 e. The molecule has 0 aliphatic carbocycles. The Morgan fingerprint density at radius 3 is 2.80 bits per heavy atom. The van der Waals surface area contributed by atoms with Crippen LogP contribution in [0.15, 0.2) is 34.2 Å². The highest BCUT2D eigenvalue weighted by Gasteiger charge is 2.15. The Hall–Kier alpha value is -1.82. The summed E-state index contributed by atoms with van der Waals surface area (Å²) in [5.74, 6) is -0.311. The first-order valence-corrected chi connectivity index (χ1v) is 7.45. The molecule has 0 bridgehead atoms. The van der Waals surface area contributed by atoms with E-state index in [0.29, 0.717) is 16.1 Å². The Morgan fingerprint density at radius 1 is 1.45 bits per heavy atom. The van der Waals surface area contributed by atoms with Crippen LogP contribution < -0.4 is 11.3 Å². The van der Waals surface area contributed by atoms with Gasteiger partial charge in [-0.1, -0.05) is 30.8 Å². The molecule has 0 fully saturated rings. The van der Waals surface area contributed by atoms with Gasteiger partial charge in [-0.15, -0.1) is 0 Å². The number of amides is 1. The van der Waals surface area contributed by atoms with Gasteiger partial charge < -0.3 is 5.73 Å². The van der Waals surface area contributed by atoms with Crippen LogP contribution in [0.4, 0.5) is 0 Å². The molecule has 1 atom stereocenters. The second-order valence-corrected chi connectivity index (χ2v) is 5.54. The van der Waals surface area contributed by atoms with Crippen molar-refractivity contribution >= 4 is 28.6 Å². The molecular weight excluding hydrogens is 274 g/mol. The quantitative estimate of drug-likeness (QED) is 0.674. The molecular formula is C14H17N3O2S. The summed E-state index contributed by atoms with van der Waals surface area (Å²) in [6, 6.07) is 7.25. The van der Waals surface area contributed by atoms with E-state index >= 15 is 0 Å². The molecule has 1 heterocycles. The predicted octanol–water partition coefficient (Wildman–Crippen LogP) is 1.94. The smallest absolute Gasteiger partial charge is 0.262 e. The summed E-state index contributed by atoms with van der Waals surface area (Å²) >= 11 is 1.21. The summed E-state index contributed by atoms with van der Waals surface area (Å²) < 4.78 is 1.65. The third-order valence-corrected chi connectivity index (χ3v) is 4.13. The van der Waals surface area contributed by atoms with Crippen molar-refractivity contribution in [2.24, 2.45) is 5.73 Å². The first-order chi connectivity index (χ1) is 9.54. The van der Waals surface area contributed by atoms with Crippen LogP contribution in [0.3, 0.4) is 0 Å². The third-order valence-electron chi connectivity index (χ3n) is 3.15. The molecule has 1 aromatic heterocycles. The summed E-state index contributed by atoms with van der Waals surface area (Å²) in [5, 5.41) is 1.14. The molecule has 20 heavy (non-hydrogen) atoms. The summed E-state index contributed by atoms with van der Waals surface area (Å²) in [6.45, 7) is 3.97. The molecule has 5 nitrogen and oxygen atoms in total. The fraction of sp³-hybridized carbons (Fsp3) is 0.357. The number of rotatable bonds is 5. The highest BCUT2D eigenvalue weighted by molar-refractivity contribution is 7.99. The zero-order valence-corrected chi connectivity index (χ0v) is 12.3. The highest BCUT2D eigenvalue weighted by Crippen LogP contribution is 2.21. The van der Waals surface area contributed by atoms with Gasteiger partial charge in [0.2, 0.25) is 5.91 Å². The maximum absolute atomic E-state index is 12.6. The summed E-state index contributed by atoms with van der Waals surface area (Å²) in [4.78, 5) is 28.0. The summed E-state index contributed by atoms with van der Waals surface area (Å²) in [5.41, 5.74) is 5.75. The molecule has 1 aromatic carbocycles. The lowest BCUT2D eigenvalue weighted by Gasteiger charge is -2.17. The minimum absolute atomic E-state index is 0.0231. The van der Waals surface area contributed by atoms with Crippen LogP contribution in [0, 0.1) is 0 Å². The topological polar surface area (TPSA) is 78.0 Å². The molecule has 2 N–H and O–H groups in total. The Bertz CT molecular complexity index is 696. The number of nitrogens with two attached hydrogens (primary N) is 1. The second-order valence-electron chi connectivity index (χ2n) is 4.60. The fourth-order valence-electron chi connectivity index (χ4n) is 1.93. The van der Waals surface area contributed by atoms with Gasteiger partial charge in [-0.3, -0.25) is 14.2 Å². The minimum Gasteiger partial charge on any atom is -0.369 e. The number of nitrogens with zero attached hydrogens (tertiary/aromatic N) is 2. The van der Waals surface area contributed by atoms with E-state index in [9.17, 15) is 9.59 Å². The summed E-state index contributed by atoms with van der Waals surface area (Å²) in [7, 11) is 0. The Balaban J connectivity index is 2.63. The molecule has 106 valence electrons. The number of primary amides is 1. The molecule has 2 aromatic rings. The number of aromatic nitrogens is 2. The number of benzene rings is 1. The lowest BCUT2D eigenvalue weighted by molar-refractivity contribution is -0.115. The molecule has 0 aliphatic heterocycles. The zero-order valence-electron chi connectivity index (χ0n) is 11.5. The van der Waals surface area contributed by atoms with Crippen molar-refractivity contribution in [1.82, 2.24) is 9.55 Å². The molecule has 0 saturated heterocycles. The largest absolute Gasteiger partial charge is 0.369 e. The van der Waals surface area contributed by atoms with E-state index in [2.05, 4.69) is 4.98 Å². The molecule has 0 unspecified atom stereocenters. The van der Waals surface area contributed by atoms with Gasteiger partial charge in [0.1, 0.15) is 0 Å². The van der Waals surface area contributed by atoms with Crippen LogP contribution in [0.25, 0.3) is 10.9 Å². The molecule has 0 aliphatic rings. The standard InChI is InChI=1S/C14H17N3O2S/c1-3-9(2)17-13(19)10-6-4-5-7-11(10)16-14(17)20-8-12(15)18/h4-7,9H,3,8H2,1-2H3,(H2,15,18)/t9-/m1/s1. The van der Waals surface area contributed by atoms with Crippen LogP contribution in [0.2, 0.25) is 0 Å². The number of hydrogen-bond donors (Lipinski definition) is 1. The minimum atomic E-state index is -0.423. The molecule has 6 heteroatoms. The monoisotopic (exact) mass is 291 g/mol. The van der Waals surface area contributed by atoms with Crippen LogP contribution in [-0.2, 0) is 4.79 Å². The number of thioether (sulfide) groups is 1. The Kier molecular flexibility index (Phi) is 4.44. The van der Waals surface area contributed by atoms with Crippen LogP contribution in [0.5, 0.6) is 0 Å². The van der Waals surface area contributed by atoms with Gasteiger partial charge in [-0.05, 0) is 25.5 Å². The van der Waals surface area contributed by atoms with E-state index in [4.69, 9.17) is 5.73 Å². The van der Waals surface area contributed by atoms with Crippen molar-refractivity contribution < 1.29 is 4.79 Å². The lowest BCUT2D eigenvalue weighted by Crippen LogP contribution is -2.26. The van der Waals surface area contributed by atoms with Gasteiger partial charge >= 0.3 is 0 Å². The van der Waals surface area contributed by atoms with Gasteiger partial charge in [0.15, 0.2) is 5.16 Å². The summed E-state index contributed by atoms with van der Waals surface area (Å²) in [6.07, 6.45) is 0.810. The number of para-hydroxylation sites is 1. The van der Waals surface area contributed by atoms with E-state index in [0.717, 1.165) is 6.42 Å². The number of carbonyl (C=O) groups is 1. The second kappa shape index (κ2) is 6.09. The Morgan fingerprint density at radius 2 is 2.15 bits per heavy atom. The van der Waals surface area contributed by atoms with Crippen molar-refractivity contribution in [3.63, 3.8) is 0 Å². The van der Waals surface area contributed by atoms with Gasteiger partial charge in [0, 0.05) is 6.04 Å². The van der Waals surface area contributed by atoms with Gasteiger partial charge in [-0.2, -0.15) is 0 Å². The van der Waals surface area contributed by atoms with Crippen LogP contribution in [0.1, 0.15) is 26.3 Å². The highest BCUT2D eigenvalue weighted by atomic mass is 32.2. The van der Waals surface area contributed by atoms with Gasteiger partial charge in [-0.25, -0.2) is 4.98 Å². The zero-order chi connectivity index (χ0) is 14.7. The normalized spacial score (nSPS) is 12.5. The van der Waals surface area contributed by atoms with Crippen molar-refractivity contribution in [3.8, 4) is 0 Å². The van der Waals surface area contributed by atoms with Crippen molar-refractivity contribution in [3.05, 3.63) is 34.6 Å². The van der Waals surface area contributed by atoms with Crippen molar-refractivity contribution in [1.29, 1.82) is 0 Å². The van der Waals surface area contributed by atoms with E-state index in [1.54, 1.807) is 16.7 Å². The molecule has 0 spiro atoms. The number of hydrogen-bond acceptors (Lipinski definition) is 4. The first-order valence-electron chi connectivity index (χ1n) is 6.47. The lowest BCUT2D eigenvalue weighted by atomic mass is 10.2. The van der Waals surface area contributed by atoms with Crippen molar-refractivity contribution in [2.45, 2.75) is 31.5 Å². The molecule has 0 radical (unpaired) electrons. The Labute approximate surface area is 121 Å². The molecule has 0 saturated carbocycles. The van der Waals surface area contributed by atoms with E-state index in [1.165, 1.54) is 11.8 Å². The van der Waals surface area contributed by atoms with Crippen molar-refractivity contribution in [2.75, 3.05) is 5.75 Å². The number of carbonyl (C=O) groups excluding carboxylic acids is 1. The SMILES string of the molecule is CC[C@@H](C)n1c(SCC(N)=O)nc2ccccc2c1=O. The van der Waals surface area contributed by atoms with Gasteiger partial charge in [0.25, 0.3) is 5.56 Å². The third kappa shape index (κ3) is 2.85. The molecule has 1 amide bonds. The van der Waals surface area contributed by atoms with E-state index < -0.39 is 5.91 Å². The van der Waals surface area contributed by atoms with E-state index in [1.807, 2.05) is 26.0 Å². The average Bonchev–Trinajstić information content (AvgIpc) is 2.44. The van der Waals surface area contributed by atoms with Gasteiger partial charge in [0.05, 0.1) is 16.7 Å². The predicted molar refractivity (Wildman–Crippen MR) is 80.9 cm³/mol.